The Kier molecular flexibility index (Phi) is 8.51. The summed E-state index contributed by atoms with van der Waals surface area (Å²) in [6.45, 7) is 3.91. The summed E-state index contributed by atoms with van der Waals surface area (Å²) in [5.74, 6) is -0.153. The number of esters is 1. The number of carbonyl (C=O) groups excluding carboxylic acids is 1. The average molecular weight is 292 g/mol. The molecule has 0 bridgehead atoms. The fraction of sp³-hybridized carbons (Fsp3) is 0.588. The molecule has 0 saturated heterocycles. The van der Waals surface area contributed by atoms with Gasteiger partial charge in [0, 0.05) is 19.3 Å². The molecule has 21 heavy (non-hydrogen) atoms. The third kappa shape index (κ3) is 6.63. The molecule has 0 heterocycles. The van der Waals surface area contributed by atoms with Crippen molar-refractivity contribution < 1.29 is 9.53 Å². The molecule has 0 radical (unpaired) electrons. The number of anilines is 1. The number of nitrogens with one attached hydrogen (secondary N) is 1. The molecule has 4 heteroatoms. The summed E-state index contributed by atoms with van der Waals surface area (Å²) < 4.78 is 4.85. The minimum Gasteiger partial charge on any atom is -0.468 e. The van der Waals surface area contributed by atoms with Crippen LogP contribution in [-0.2, 0) is 9.53 Å². The first-order valence-corrected chi connectivity index (χ1v) is 7.76. The molecule has 0 amide bonds. The second-order valence-electron chi connectivity index (χ2n) is 5.28. The van der Waals surface area contributed by atoms with Gasteiger partial charge in [-0.15, -0.1) is 0 Å². The summed E-state index contributed by atoms with van der Waals surface area (Å²) in [5.41, 5.74) is 1.22. The zero-order valence-electron chi connectivity index (χ0n) is 13.5. The molecule has 1 rings (SSSR count). The van der Waals surface area contributed by atoms with Gasteiger partial charge in [0.2, 0.25) is 0 Å². The van der Waals surface area contributed by atoms with Crippen LogP contribution >= 0.6 is 0 Å². The van der Waals surface area contributed by atoms with E-state index in [0.717, 1.165) is 38.8 Å². The lowest BCUT2D eigenvalue weighted by atomic mass is 10.1. The maximum atomic E-state index is 11.7. The van der Waals surface area contributed by atoms with Gasteiger partial charge in [0.05, 0.1) is 7.11 Å². The molecule has 1 N–H and O–H groups in total. The largest absolute Gasteiger partial charge is 0.468 e. The van der Waals surface area contributed by atoms with Crippen LogP contribution in [0.1, 0.15) is 32.6 Å². The topological polar surface area (TPSA) is 41.6 Å². The van der Waals surface area contributed by atoms with E-state index in [4.69, 9.17) is 4.74 Å². The Morgan fingerprint density at radius 2 is 2.00 bits per heavy atom. The fourth-order valence-electron chi connectivity index (χ4n) is 2.26. The van der Waals surface area contributed by atoms with Crippen LogP contribution in [0.4, 0.5) is 5.69 Å². The Labute approximate surface area is 128 Å². The van der Waals surface area contributed by atoms with E-state index in [0.29, 0.717) is 0 Å². The Morgan fingerprint density at radius 1 is 1.29 bits per heavy atom. The van der Waals surface area contributed by atoms with E-state index >= 15 is 0 Å². The van der Waals surface area contributed by atoms with Gasteiger partial charge in [0.15, 0.2) is 0 Å². The highest BCUT2D eigenvalue weighted by atomic mass is 16.5. The summed E-state index contributed by atoms with van der Waals surface area (Å²) >= 11 is 0. The number of methoxy groups -OCH3 is 1. The van der Waals surface area contributed by atoms with Crippen LogP contribution in [0.5, 0.6) is 0 Å². The van der Waals surface area contributed by atoms with Crippen LogP contribution in [0.25, 0.3) is 0 Å². The fourth-order valence-corrected chi connectivity index (χ4v) is 2.26. The zero-order valence-corrected chi connectivity index (χ0v) is 13.5. The smallest absolute Gasteiger partial charge is 0.322 e. The van der Waals surface area contributed by atoms with Gasteiger partial charge >= 0.3 is 5.97 Å². The first kappa shape index (κ1) is 17.5. The molecule has 0 aliphatic heterocycles. The molecule has 0 aliphatic carbocycles. The van der Waals surface area contributed by atoms with Crippen LogP contribution < -0.4 is 10.2 Å². The van der Waals surface area contributed by atoms with Gasteiger partial charge in [0.1, 0.15) is 6.04 Å². The minimum atomic E-state index is -0.169. The monoisotopic (exact) mass is 292 g/mol. The number of unbranched alkanes of at least 4 members (excludes halogenated alkanes) is 1. The quantitative estimate of drug-likeness (QED) is 0.532. The number of nitrogens with zero attached hydrogens (tertiary/aromatic N) is 1. The van der Waals surface area contributed by atoms with E-state index in [9.17, 15) is 4.79 Å². The second kappa shape index (κ2) is 10.2. The Bertz CT molecular complexity index is 395. The predicted molar refractivity (Wildman–Crippen MR) is 87.7 cm³/mol. The number of hydrogen-bond donors (Lipinski definition) is 1. The summed E-state index contributed by atoms with van der Waals surface area (Å²) in [5, 5.41) is 3.31. The van der Waals surface area contributed by atoms with Gasteiger partial charge in [-0.1, -0.05) is 38.0 Å². The number of hydrogen-bond acceptors (Lipinski definition) is 4. The van der Waals surface area contributed by atoms with Crippen molar-refractivity contribution in [2.75, 3.05) is 32.1 Å². The van der Waals surface area contributed by atoms with E-state index in [2.05, 4.69) is 36.3 Å². The lowest BCUT2D eigenvalue weighted by Gasteiger charge is -2.20. The van der Waals surface area contributed by atoms with Crippen LogP contribution in [0.2, 0.25) is 0 Å². The van der Waals surface area contributed by atoms with Gasteiger partial charge in [-0.2, -0.15) is 0 Å². The molecular weight excluding hydrogens is 264 g/mol. The van der Waals surface area contributed by atoms with Crippen molar-refractivity contribution in [3.05, 3.63) is 30.3 Å². The highest BCUT2D eigenvalue weighted by Crippen LogP contribution is 2.10. The second-order valence-corrected chi connectivity index (χ2v) is 5.28. The molecule has 1 aromatic carbocycles. The van der Waals surface area contributed by atoms with Gasteiger partial charge in [-0.3, -0.25) is 4.79 Å². The first-order chi connectivity index (χ1) is 10.2. The Hall–Kier alpha value is -1.55. The van der Waals surface area contributed by atoms with Crippen molar-refractivity contribution >= 4 is 11.7 Å². The van der Waals surface area contributed by atoms with Gasteiger partial charge in [-0.05, 0) is 31.5 Å². The SMILES string of the molecule is CCCCC(NCCCN(C)c1ccccc1)C(=O)OC. The maximum Gasteiger partial charge on any atom is 0.322 e. The number of para-hydroxylation sites is 1. The van der Waals surface area contributed by atoms with E-state index in [1.807, 2.05) is 18.2 Å². The summed E-state index contributed by atoms with van der Waals surface area (Å²) in [6, 6.07) is 10.1. The molecule has 4 nitrogen and oxygen atoms in total. The van der Waals surface area contributed by atoms with Crippen molar-refractivity contribution in [2.24, 2.45) is 0 Å². The lowest BCUT2D eigenvalue weighted by molar-refractivity contribution is -0.143. The van der Waals surface area contributed by atoms with Crippen molar-refractivity contribution in [3.8, 4) is 0 Å². The molecule has 0 aromatic heterocycles. The number of benzene rings is 1. The molecule has 118 valence electrons. The summed E-state index contributed by atoms with van der Waals surface area (Å²) in [6.07, 6.45) is 3.96. The van der Waals surface area contributed by atoms with E-state index in [-0.39, 0.29) is 12.0 Å². The number of carbonyl (C=O) groups is 1. The van der Waals surface area contributed by atoms with Crippen molar-refractivity contribution in [2.45, 2.75) is 38.6 Å². The Morgan fingerprint density at radius 3 is 2.62 bits per heavy atom. The normalized spacial score (nSPS) is 12.0. The predicted octanol–water partition coefficient (Wildman–Crippen LogP) is 2.83. The zero-order chi connectivity index (χ0) is 15.5. The van der Waals surface area contributed by atoms with Crippen molar-refractivity contribution in [3.63, 3.8) is 0 Å². The molecule has 0 saturated carbocycles. The van der Waals surface area contributed by atoms with Crippen LogP contribution in [0.15, 0.2) is 30.3 Å². The van der Waals surface area contributed by atoms with E-state index in [1.54, 1.807) is 0 Å². The summed E-state index contributed by atoms with van der Waals surface area (Å²) in [4.78, 5) is 13.9. The molecule has 1 aromatic rings. The lowest BCUT2D eigenvalue weighted by Crippen LogP contribution is -2.39. The molecule has 0 spiro atoms. The van der Waals surface area contributed by atoms with E-state index < -0.39 is 0 Å². The third-order valence-electron chi connectivity index (χ3n) is 3.59. The van der Waals surface area contributed by atoms with Gasteiger partial charge in [0.25, 0.3) is 0 Å². The summed E-state index contributed by atoms with van der Waals surface area (Å²) in [7, 11) is 3.54. The number of ether oxygens (including phenoxy) is 1. The molecule has 0 aliphatic rings. The van der Waals surface area contributed by atoms with Crippen LogP contribution in [-0.4, -0.2) is 39.3 Å². The van der Waals surface area contributed by atoms with Gasteiger partial charge in [-0.25, -0.2) is 0 Å². The third-order valence-corrected chi connectivity index (χ3v) is 3.59. The maximum absolute atomic E-state index is 11.7. The average Bonchev–Trinajstić information content (AvgIpc) is 2.54. The molecule has 1 unspecified atom stereocenters. The number of rotatable bonds is 10. The molecule has 0 fully saturated rings. The van der Waals surface area contributed by atoms with Crippen molar-refractivity contribution in [1.82, 2.24) is 5.32 Å². The van der Waals surface area contributed by atoms with Gasteiger partial charge < -0.3 is 15.0 Å². The van der Waals surface area contributed by atoms with Crippen LogP contribution in [0, 0.1) is 0 Å². The van der Waals surface area contributed by atoms with E-state index in [1.165, 1.54) is 12.8 Å². The highest BCUT2D eigenvalue weighted by molar-refractivity contribution is 5.75. The molecule has 1 atom stereocenters. The Balaban J connectivity index is 2.28. The molecular formula is C17H28N2O2. The van der Waals surface area contributed by atoms with Crippen molar-refractivity contribution in [1.29, 1.82) is 0 Å². The standard InChI is InChI=1S/C17H28N2O2/c1-4-5-12-16(17(20)21-3)18-13-9-14-19(2)15-10-7-6-8-11-15/h6-8,10-11,16,18H,4-5,9,12-14H2,1-3H3. The van der Waals surface area contributed by atoms with Crippen LogP contribution in [0.3, 0.4) is 0 Å². The minimum absolute atomic E-state index is 0.153. The first-order valence-electron chi connectivity index (χ1n) is 7.76. The highest BCUT2D eigenvalue weighted by Gasteiger charge is 2.17.